The highest BCUT2D eigenvalue weighted by molar-refractivity contribution is 6.35. The Morgan fingerprint density at radius 1 is 1.57 bits per heavy atom. The van der Waals surface area contributed by atoms with E-state index in [9.17, 15) is 9.90 Å². The molecular formula is C15H16Cl2N2O2. The van der Waals surface area contributed by atoms with Crippen LogP contribution in [-0.4, -0.2) is 42.2 Å². The number of aliphatic hydroxyl groups is 1. The zero-order valence-electron chi connectivity index (χ0n) is 11.6. The number of terminal acetylenes is 1. The average Bonchev–Trinajstić information content (AvgIpc) is 2.73. The third kappa shape index (κ3) is 3.50. The lowest BCUT2D eigenvalue weighted by Gasteiger charge is -2.27. The van der Waals surface area contributed by atoms with Gasteiger partial charge in [0.15, 0.2) is 0 Å². The highest BCUT2D eigenvalue weighted by atomic mass is 35.5. The fourth-order valence-corrected chi connectivity index (χ4v) is 3.28. The van der Waals surface area contributed by atoms with Gasteiger partial charge in [-0.25, -0.2) is 0 Å². The van der Waals surface area contributed by atoms with E-state index in [-0.39, 0.29) is 25.0 Å². The number of carbonyl (C=O) groups is 1. The molecule has 0 saturated heterocycles. The summed E-state index contributed by atoms with van der Waals surface area (Å²) in [4.78, 5) is 13.5. The zero-order valence-corrected chi connectivity index (χ0v) is 13.1. The van der Waals surface area contributed by atoms with E-state index in [1.807, 2.05) is 0 Å². The predicted octanol–water partition coefficient (Wildman–Crippen LogP) is 1.63. The standard InChI is InChI=1S/C15H16Cl2N2O2/c1-3-4-18-14(21)8-19(2)15-11-5-9(16)6-12(17)10(11)7-13(15)20/h1,5-6,13,15,20H,4,7-8H2,2H3,(H,18,21)/t13-,15-/m1/s1. The second kappa shape index (κ2) is 6.67. The Kier molecular flexibility index (Phi) is 5.13. The molecule has 1 aromatic rings. The van der Waals surface area contributed by atoms with Crippen molar-refractivity contribution in [3.05, 3.63) is 33.3 Å². The molecule has 2 rings (SSSR count). The molecule has 112 valence electrons. The zero-order chi connectivity index (χ0) is 15.6. The van der Waals surface area contributed by atoms with E-state index >= 15 is 0 Å². The third-order valence-corrected chi connectivity index (χ3v) is 4.10. The molecule has 0 bridgehead atoms. The van der Waals surface area contributed by atoms with Crippen LogP contribution in [0.3, 0.4) is 0 Å². The largest absolute Gasteiger partial charge is 0.391 e. The smallest absolute Gasteiger partial charge is 0.234 e. The molecule has 4 nitrogen and oxygen atoms in total. The first-order chi connectivity index (χ1) is 9.93. The van der Waals surface area contributed by atoms with Gasteiger partial charge in [0.1, 0.15) is 0 Å². The lowest BCUT2D eigenvalue weighted by Crippen LogP contribution is -2.39. The molecule has 0 spiro atoms. The Morgan fingerprint density at radius 2 is 2.29 bits per heavy atom. The summed E-state index contributed by atoms with van der Waals surface area (Å²) in [6.07, 6.45) is 4.93. The Hall–Kier alpha value is -1.25. The molecule has 1 aromatic carbocycles. The monoisotopic (exact) mass is 326 g/mol. The lowest BCUT2D eigenvalue weighted by molar-refractivity contribution is -0.122. The summed E-state index contributed by atoms with van der Waals surface area (Å²) >= 11 is 12.2. The van der Waals surface area contributed by atoms with Gasteiger partial charge in [0.05, 0.1) is 25.2 Å². The Balaban J connectivity index is 2.18. The third-order valence-electron chi connectivity index (χ3n) is 3.55. The normalized spacial score (nSPS) is 20.2. The van der Waals surface area contributed by atoms with Crippen LogP contribution in [0.5, 0.6) is 0 Å². The number of carbonyl (C=O) groups excluding carboxylic acids is 1. The number of nitrogens with one attached hydrogen (secondary N) is 1. The van der Waals surface area contributed by atoms with E-state index in [0.717, 1.165) is 11.1 Å². The summed E-state index contributed by atoms with van der Waals surface area (Å²) < 4.78 is 0. The number of benzene rings is 1. The molecular weight excluding hydrogens is 311 g/mol. The number of amides is 1. The molecule has 2 atom stereocenters. The molecule has 0 fully saturated rings. The van der Waals surface area contributed by atoms with Crippen LogP contribution in [0.1, 0.15) is 17.2 Å². The Bertz CT molecular complexity index is 598. The maximum Gasteiger partial charge on any atom is 0.234 e. The summed E-state index contributed by atoms with van der Waals surface area (Å²) in [5.41, 5.74) is 1.75. The van der Waals surface area contributed by atoms with Crippen LogP contribution in [0.2, 0.25) is 10.0 Å². The van der Waals surface area contributed by atoms with Gasteiger partial charge in [-0.15, -0.1) is 6.42 Å². The number of likely N-dealkylation sites (N-methyl/N-ethyl adjacent to an activating group) is 1. The molecule has 1 aliphatic rings. The fourth-order valence-electron chi connectivity index (χ4n) is 2.69. The number of halogens is 2. The number of rotatable bonds is 4. The van der Waals surface area contributed by atoms with Gasteiger partial charge in [-0.05, 0) is 30.3 Å². The van der Waals surface area contributed by atoms with Gasteiger partial charge in [0, 0.05) is 16.5 Å². The van der Waals surface area contributed by atoms with E-state index in [2.05, 4.69) is 11.2 Å². The van der Waals surface area contributed by atoms with Gasteiger partial charge in [-0.2, -0.15) is 0 Å². The molecule has 0 aromatic heterocycles. The minimum Gasteiger partial charge on any atom is -0.391 e. The number of hydrogen-bond acceptors (Lipinski definition) is 3. The first kappa shape index (κ1) is 16.1. The van der Waals surface area contributed by atoms with E-state index in [1.165, 1.54) is 0 Å². The van der Waals surface area contributed by atoms with Crippen LogP contribution in [0, 0.1) is 12.3 Å². The number of fused-ring (bicyclic) bond motifs is 1. The summed E-state index contributed by atoms with van der Waals surface area (Å²) in [7, 11) is 1.77. The van der Waals surface area contributed by atoms with Crippen molar-refractivity contribution in [2.45, 2.75) is 18.6 Å². The molecule has 1 aliphatic carbocycles. The molecule has 0 saturated carbocycles. The Morgan fingerprint density at radius 3 is 2.95 bits per heavy atom. The Labute approximate surface area is 134 Å². The summed E-state index contributed by atoms with van der Waals surface area (Å²) in [5, 5.41) is 13.9. The molecule has 0 heterocycles. The minimum absolute atomic E-state index is 0.132. The number of aliphatic hydroxyl groups excluding tert-OH is 1. The van der Waals surface area contributed by atoms with Crippen LogP contribution < -0.4 is 5.32 Å². The second-order valence-electron chi connectivity index (χ2n) is 5.07. The average molecular weight is 327 g/mol. The van der Waals surface area contributed by atoms with Crippen LogP contribution >= 0.6 is 23.2 Å². The maximum absolute atomic E-state index is 11.7. The van der Waals surface area contributed by atoms with E-state index in [4.69, 9.17) is 29.6 Å². The van der Waals surface area contributed by atoms with Gasteiger partial charge in [0.25, 0.3) is 0 Å². The van der Waals surface area contributed by atoms with Crippen molar-refractivity contribution in [2.75, 3.05) is 20.1 Å². The SMILES string of the molecule is C#CCNC(=O)CN(C)[C@@H]1c2cc(Cl)cc(Cl)c2C[C@H]1O. The molecule has 0 radical (unpaired) electrons. The quantitative estimate of drug-likeness (QED) is 0.827. The van der Waals surface area contributed by atoms with Crippen molar-refractivity contribution in [1.82, 2.24) is 10.2 Å². The van der Waals surface area contributed by atoms with Crippen molar-refractivity contribution < 1.29 is 9.90 Å². The highest BCUT2D eigenvalue weighted by Crippen LogP contribution is 2.40. The first-order valence-corrected chi connectivity index (χ1v) is 7.26. The maximum atomic E-state index is 11.7. The van der Waals surface area contributed by atoms with E-state index in [0.29, 0.717) is 16.5 Å². The topological polar surface area (TPSA) is 52.6 Å². The van der Waals surface area contributed by atoms with Crippen molar-refractivity contribution >= 4 is 29.1 Å². The van der Waals surface area contributed by atoms with Gasteiger partial charge >= 0.3 is 0 Å². The van der Waals surface area contributed by atoms with Gasteiger partial charge < -0.3 is 10.4 Å². The summed E-state index contributed by atoms with van der Waals surface area (Å²) in [6, 6.07) is 3.14. The van der Waals surface area contributed by atoms with Crippen LogP contribution in [-0.2, 0) is 11.2 Å². The summed E-state index contributed by atoms with van der Waals surface area (Å²) in [6.45, 7) is 0.321. The van der Waals surface area contributed by atoms with Crippen molar-refractivity contribution in [2.24, 2.45) is 0 Å². The van der Waals surface area contributed by atoms with Crippen LogP contribution in [0.15, 0.2) is 12.1 Å². The molecule has 6 heteroatoms. The van der Waals surface area contributed by atoms with Crippen molar-refractivity contribution in [1.29, 1.82) is 0 Å². The molecule has 1 amide bonds. The first-order valence-electron chi connectivity index (χ1n) is 6.50. The van der Waals surface area contributed by atoms with Crippen LogP contribution in [0.25, 0.3) is 0 Å². The fraction of sp³-hybridized carbons (Fsp3) is 0.400. The molecule has 2 N–H and O–H groups in total. The van der Waals surface area contributed by atoms with Gasteiger partial charge in [-0.3, -0.25) is 9.69 Å². The molecule has 0 aliphatic heterocycles. The number of hydrogen-bond donors (Lipinski definition) is 2. The van der Waals surface area contributed by atoms with Gasteiger partial charge in [0.2, 0.25) is 5.91 Å². The predicted molar refractivity (Wildman–Crippen MR) is 83.4 cm³/mol. The number of nitrogens with zero attached hydrogens (tertiary/aromatic N) is 1. The second-order valence-corrected chi connectivity index (χ2v) is 5.91. The van der Waals surface area contributed by atoms with E-state index in [1.54, 1.807) is 24.1 Å². The highest BCUT2D eigenvalue weighted by Gasteiger charge is 2.36. The van der Waals surface area contributed by atoms with Crippen molar-refractivity contribution in [3.63, 3.8) is 0 Å². The van der Waals surface area contributed by atoms with Crippen LogP contribution in [0.4, 0.5) is 0 Å². The molecule has 21 heavy (non-hydrogen) atoms. The van der Waals surface area contributed by atoms with Crippen molar-refractivity contribution in [3.8, 4) is 12.3 Å². The molecule has 0 unspecified atom stereocenters. The lowest BCUT2D eigenvalue weighted by atomic mass is 10.1. The van der Waals surface area contributed by atoms with Gasteiger partial charge in [-0.1, -0.05) is 29.1 Å². The van der Waals surface area contributed by atoms with E-state index < -0.39 is 6.10 Å². The summed E-state index contributed by atoms with van der Waals surface area (Å²) in [5.74, 6) is 2.16. The minimum atomic E-state index is -0.624.